The molecule has 0 radical (unpaired) electrons. The molecule has 0 spiro atoms. The van der Waals surface area contributed by atoms with E-state index in [9.17, 15) is 10.2 Å². The molecule has 5 atom stereocenters. The molecule has 9 N–H and O–H groups in total. The highest BCUT2D eigenvalue weighted by Crippen LogP contribution is 2.27. The van der Waals surface area contributed by atoms with Gasteiger partial charge in [-0.25, -0.2) is 14.5 Å². The molecule has 3 heterocycles. The molecule has 0 aromatic heterocycles. The first-order valence-corrected chi connectivity index (χ1v) is 10.1. The first kappa shape index (κ1) is 23.6. The van der Waals surface area contributed by atoms with Crippen molar-refractivity contribution in [1.29, 1.82) is 5.41 Å². The molecule has 0 aromatic carbocycles. The summed E-state index contributed by atoms with van der Waals surface area (Å²) >= 11 is 0. The molecule has 19 heteroatoms. The van der Waals surface area contributed by atoms with Crippen LogP contribution in [0.15, 0.2) is 15.0 Å². The molecular weight excluding hydrogens is 445 g/mol. The van der Waals surface area contributed by atoms with E-state index < -0.39 is 55.4 Å². The van der Waals surface area contributed by atoms with Crippen LogP contribution in [-0.4, -0.2) is 114 Å². The van der Waals surface area contributed by atoms with E-state index in [1.54, 1.807) is 0 Å². The zero-order valence-electron chi connectivity index (χ0n) is 15.0. The Morgan fingerprint density at radius 3 is 2.24 bits per heavy atom. The molecule has 0 aromatic rings. The number of hydrogen-bond acceptors (Lipinski definition) is 11. The molecule has 3 rings (SSSR count). The van der Waals surface area contributed by atoms with Gasteiger partial charge < -0.3 is 34.7 Å². The molecular formula is C10H18N5O12PS. The number of fused-ring (bicyclic) bond motifs is 1. The van der Waals surface area contributed by atoms with Gasteiger partial charge in [-0.15, -0.1) is 0 Å². The van der Waals surface area contributed by atoms with Crippen molar-refractivity contribution in [1.82, 2.24) is 4.90 Å². The Morgan fingerprint density at radius 2 is 1.79 bits per heavy atom. The standard InChI is InChI=1S/C10H13N5O4.H3O4P.H2O4S/c11-8-5-9(13-2-12-8)15(3-14-5)10-7(18)6(17)4(1-16)19-10;2*1-5(2,3)4/h2-7,10-11,16-18H,1H2;(H3,1,2,3,4);(H2,1,2,3,4)/t4-,5?,6-,7-,10-;;/m1../s1/i5D;;. The number of aliphatic hydroxyl groups excluding tert-OH is 3. The number of amidine groups is 2. The third-order valence-electron chi connectivity index (χ3n) is 3.15. The minimum absolute atomic E-state index is 0.0624. The van der Waals surface area contributed by atoms with E-state index in [1.165, 1.54) is 11.2 Å². The van der Waals surface area contributed by atoms with E-state index in [0.29, 0.717) is 0 Å². The smallest absolute Gasteiger partial charge is 0.394 e. The lowest BCUT2D eigenvalue weighted by Crippen LogP contribution is -2.48. The van der Waals surface area contributed by atoms with Gasteiger partial charge in [0.15, 0.2) is 18.1 Å². The molecule has 0 amide bonds. The number of hydrogen-bond donors (Lipinski definition) is 9. The predicted molar refractivity (Wildman–Crippen MR) is 94.0 cm³/mol. The highest BCUT2D eigenvalue weighted by atomic mass is 32.3. The van der Waals surface area contributed by atoms with Gasteiger partial charge in [0.05, 0.1) is 14.3 Å². The third kappa shape index (κ3) is 8.28. The summed E-state index contributed by atoms with van der Waals surface area (Å²) in [5.41, 5.74) is 0. The van der Waals surface area contributed by atoms with Gasteiger partial charge in [-0.1, -0.05) is 0 Å². The van der Waals surface area contributed by atoms with Crippen molar-refractivity contribution in [2.75, 3.05) is 6.61 Å². The molecule has 0 bridgehead atoms. The van der Waals surface area contributed by atoms with Crippen molar-refractivity contribution in [3.8, 4) is 0 Å². The monoisotopic (exact) mass is 464 g/mol. The molecule has 3 aliphatic rings. The van der Waals surface area contributed by atoms with E-state index in [0.717, 1.165) is 6.34 Å². The van der Waals surface area contributed by atoms with Crippen LogP contribution < -0.4 is 0 Å². The van der Waals surface area contributed by atoms with E-state index in [2.05, 4.69) is 15.0 Å². The van der Waals surface area contributed by atoms with Gasteiger partial charge >= 0.3 is 18.2 Å². The van der Waals surface area contributed by atoms with Crippen molar-refractivity contribution in [3.05, 3.63) is 0 Å². The lowest BCUT2D eigenvalue weighted by Gasteiger charge is -2.27. The van der Waals surface area contributed by atoms with E-state index in [4.69, 9.17) is 53.4 Å². The van der Waals surface area contributed by atoms with Crippen LogP contribution in [-0.2, 0) is 19.7 Å². The number of nitrogens with zero attached hydrogens (tertiary/aromatic N) is 4. The van der Waals surface area contributed by atoms with Crippen LogP contribution in [0.3, 0.4) is 0 Å². The second-order valence-corrected chi connectivity index (χ2v) is 7.16. The van der Waals surface area contributed by atoms with Gasteiger partial charge in [0.2, 0.25) is 0 Å². The van der Waals surface area contributed by atoms with Crippen LogP contribution >= 0.6 is 7.82 Å². The predicted octanol–water partition coefficient (Wildman–Crippen LogP) is -4.03. The average molecular weight is 464 g/mol. The molecule has 0 saturated carbocycles. The topological polar surface area (TPSA) is 286 Å². The maximum Gasteiger partial charge on any atom is 0.466 e. The first-order valence-electron chi connectivity index (χ1n) is 7.63. The SMILES string of the molecule is O=P(O)(O)O.O=S(=O)(O)O.[2H]C12N=CN([C@@H]3O[C@H](CO)[C@@H](O)[C@H]3O)C1=NC=NC2=N. The van der Waals surface area contributed by atoms with Crippen LogP contribution in [0.2, 0.25) is 0 Å². The molecule has 1 fully saturated rings. The molecule has 0 aliphatic carbocycles. The number of ether oxygens (including phenoxy) is 1. The number of phosphoric acid groups is 1. The number of nitrogens with one attached hydrogen (secondary N) is 1. The number of aliphatic hydroxyl groups is 3. The summed E-state index contributed by atoms with van der Waals surface area (Å²) < 4.78 is 53.9. The molecule has 29 heavy (non-hydrogen) atoms. The lowest BCUT2D eigenvalue weighted by atomic mass is 10.1. The van der Waals surface area contributed by atoms with Crippen molar-refractivity contribution in [2.24, 2.45) is 15.0 Å². The van der Waals surface area contributed by atoms with Crippen LogP contribution in [0.25, 0.3) is 0 Å². The van der Waals surface area contributed by atoms with Crippen molar-refractivity contribution in [2.45, 2.75) is 30.6 Å². The van der Waals surface area contributed by atoms with E-state index in [-0.39, 0.29) is 11.7 Å². The fraction of sp³-hybridized carbons (Fsp3) is 0.600. The van der Waals surface area contributed by atoms with Crippen molar-refractivity contribution < 1.29 is 58.2 Å². The Bertz CT molecular complexity index is 876. The van der Waals surface area contributed by atoms with Crippen LogP contribution in [0, 0.1) is 5.41 Å². The summed E-state index contributed by atoms with van der Waals surface area (Å²) in [7, 11) is -9.31. The molecule has 17 nitrogen and oxygen atoms in total. The normalized spacial score (nSPS) is 33.8. The molecule has 3 aliphatic heterocycles. The van der Waals surface area contributed by atoms with Crippen LogP contribution in [0.1, 0.15) is 1.37 Å². The maximum absolute atomic E-state index is 9.97. The quantitative estimate of drug-likeness (QED) is 0.139. The largest absolute Gasteiger partial charge is 0.466 e. The van der Waals surface area contributed by atoms with E-state index in [1.807, 2.05) is 0 Å². The zero-order chi connectivity index (χ0) is 23.5. The fourth-order valence-electron chi connectivity index (χ4n) is 2.15. The molecule has 1 unspecified atom stereocenters. The fourth-order valence-corrected chi connectivity index (χ4v) is 2.15. The second-order valence-electron chi connectivity index (χ2n) is 5.24. The number of rotatable bonds is 2. The van der Waals surface area contributed by atoms with Crippen LogP contribution in [0.4, 0.5) is 0 Å². The summed E-state index contributed by atoms with van der Waals surface area (Å²) in [5, 5.41) is 36.4. The molecule has 166 valence electrons. The van der Waals surface area contributed by atoms with Gasteiger partial charge in [0, 0.05) is 0 Å². The van der Waals surface area contributed by atoms with Crippen molar-refractivity contribution in [3.63, 3.8) is 0 Å². The summed E-state index contributed by atoms with van der Waals surface area (Å²) in [5.74, 6) is -0.236. The van der Waals surface area contributed by atoms with Gasteiger partial charge in [0.25, 0.3) is 0 Å². The first-order chi connectivity index (χ1) is 13.5. The summed E-state index contributed by atoms with van der Waals surface area (Å²) in [6.07, 6.45) is -2.17. The van der Waals surface area contributed by atoms with Gasteiger partial charge in [0.1, 0.15) is 30.5 Å². The van der Waals surface area contributed by atoms with E-state index >= 15 is 0 Å². The Hall–Kier alpha value is -1.70. The average Bonchev–Trinajstić information content (AvgIpc) is 3.04. The molecule has 1 saturated heterocycles. The second kappa shape index (κ2) is 9.87. The number of aliphatic imine (C=N–C) groups is 3. The Kier molecular flexibility index (Phi) is 8.02. The highest BCUT2D eigenvalue weighted by Gasteiger charge is 2.48. The summed E-state index contributed by atoms with van der Waals surface area (Å²) in [4.78, 5) is 34.2. The Labute approximate surface area is 164 Å². The Morgan fingerprint density at radius 1 is 1.28 bits per heavy atom. The Balaban J connectivity index is 0.000000378. The lowest BCUT2D eigenvalue weighted by molar-refractivity contribution is -0.0509. The van der Waals surface area contributed by atoms with Gasteiger partial charge in [-0.2, -0.15) is 8.42 Å². The van der Waals surface area contributed by atoms with Gasteiger partial charge in [-0.05, 0) is 0 Å². The zero-order valence-corrected chi connectivity index (χ0v) is 15.7. The summed E-state index contributed by atoms with van der Waals surface area (Å²) in [6.45, 7) is -0.449. The minimum atomic E-state index is -4.67. The van der Waals surface area contributed by atoms with Gasteiger partial charge in [-0.3, -0.25) is 24.4 Å². The van der Waals surface area contributed by atoms with Crippen molar-refractivity contribution >= 4 is 42.6 Å². The third-order valence-corrected chi connectivity index (χ3v) is 3.15. The minimum Gasteiger partial charge on any atom is -0.394 e. The summed E-state index contributed by atoms with van der Waals surface area (Å²) in [6, 6.07) is -1.76. The maximum atomic E-state index is 9.97. The van der Waals surface area contributed by atoms with Crippen LogP contribution in [0.5, 0.6) is 0 Å². The highest BCUT2D eigenvalue weighted by molar-refractivity contribution is 7.79.